The highest BCUT2D eigenvalue weighted by Crippen LogP contribution is 2.24. The molecule has 0 saturated heterocycles. The van der Waals surface area contributed by atoms with Crippen molar-refractivity contribution in [1.29, 1.82) is 5.26 Å². The molecule has 0 amide bonds. The van der Waals surface area contributed by atoms with Gasteiger partial charge in [-0.15, -0.1) is 0 Å². The van der Waals surface area contributed by atoms with Crippen LogP contribution in [-0.4, -0.2) is 11.5 Å². The summed E-state index contributed by atoms with van der Waals surface area (Å²) < 4.78 is 0. The van der Waals surface area contributed by atoms with Crippen LogP contribution in [0.5, 0.6) is 0 Å². The molecular weight excluding hydrogens is 258 g/mol. The summed E-state index contributed by atoms with van der Waals surface area (Å²) >= 11 is 0. The highest BCUT2D eigenvalue weighted by Gasteiger charge is 2.14. The Bertz CT molecular complexity index is 488. The van der Waals surface area contributed by atoms with Gasteiger partial charge in [0.05, 0.1) is 5.56 Å². The van der Waals surface area contributed by atoms with Crippen LogP contribution in [-0.2, 0) is 12.8 Å². The van der Waals surface area contributed by atoms with Gasteiger partial charge < -0.3 is 5.32 Å². The first-order chi connectivity index (χ1) is 10.3. The van der Waals surface area contributed by atoms with Crippen molar-refractivity contribution in [1.82, 2.24) is 4.98 Å². The van der Waals surface area contributed by atoms with E-state index in [9.17, 15) is 5.26 Å². The lowest BCUT2D eigenvalue weighted by Crippen LogP contribution is -2.11. The number of pyridine rings is 1. The number of unbranched alkanes of at least 4 members (excludes halogenated alkanes) is 5. The van der Waals surface area contributed by atoms with Crippen molar-refractivity contribution in [3.8, 4) is 6.07 Å². The zero-order valence-electron chi connectivity index (χ0n) is 13.2. The van der Waals surface area contributed by atoms with Crippen molar-refractivity contribution in [2.75, 3.05) is 11.9 Å². The van der Waals surface area contributed by atoms with Gasteiger partial charge in [0.1, 0.15) is 11.9 Å². The van der Waals surface area contributed by atoms with E-state index in [0.29, 0.717) is 5.56 Å². The van der Waals surface area contributed by atoms with Crippen LogP contribution in [0.25, 0.3) is 0 Å². The molecule has 0 bridgehead atoms. The lowest BCUT2D eigenvalue weighted by atomic mass is 9.95. The van der Waals surface area contributed by atoms with Crippen molar-refractivity contribution in [2.24, 2.45) is 0 Å². The Kier molecular flexibility index (Phi) is 6.53. The highest BCUT2D eigenvalue weighted by molar-refractivity contribution is 5.54. The molecule has 1 aliphatic rings. The summed E-state index contributed by atoms with van der Waals surface area (Å²) in [5.74, 6) is 0.798. The van der Waals surface area contributed by atoms with Gasteiger partial charge in [-0.25, -0.2) is 4.98 Å². The van der Waals surface area contributed by atoms with E-state index in [4.69, 9.17) is 4.98 Å². The highest BCUT2D eigenvalue weighted by atomic mass is 15.0. The van der Waals surface area contributed by atoms with Crippen molar-refractivity contribution in [3.05, 3.63) is 22.9 Å². The quantitative estimate of drug-likeness (QED) is 0.710. The van der Waals surface area contributed by atoms with E-state index >= 15 is 0 Å². The molecule has 0 aromatic carbocycles. The SMILES string of the molecule is CCCCCCCCNc1nc2c(cc1C#N)CCCC2. The minimum absolute atomic E-state index is 0.710. The van der Waals surface area contributed by atoms with Gasteiger partial charge in [0, 0.05) is 12.2 Å². The van der Waals surface area contributed by atoms with Gasteiger partial charge in [-0.05, 0) is 43.7 Å². The molecule has 1 aliphatic carbocycles. The fourth-order valence-corrected chi connectivity index (χ4v) is 2.97. The summed E-state index contributed by atoms with van der Waals surface area (Å²) in [5.41, 5.74) is 3.19. The molecule has 0 spiro atoms. The van der Waals surface area contributed by atoms with Crippen LogP contribution in [0, 0.1) is 11.3 Å². The molecule has 0 atom stereocenters. The Morgan fingerprint density at radius 2 is 1.90 bits per heavy atom. The van der Waals surface area contributed by atoms with Crippen LogP contribution in [0.3, 0.4) is 0 Å². The molecule has 0 unspecified atom stereocenters. The van der Waals surface area contributed by atoms with Gasteiger partial charge in [-0.2, -0.15) is 5.26 Å². The molecule has 3 heteroatoms. The Balaban J connectivity index is 1.83. The molecule has 114 valence electrons. The summed E-state index contributed by atoms with van der Waals surface area (Å²) in [6.07, 6.45) is 12.3. The van der Waals surface area contributed by atoms with Gasteiger partial charge in [-0.3, -0.25) is 0 Å². The average molecular weight is 285 g/mol. The van der Waals surface area contributed by atoms with Gasteiger partial charge in [0.25, 0.3) is 0 Å². The summed E-state index contributed by atoms with van der Waals surface area (Å²) in [7, 11) is 0. The summed E-state index contributed by atoms with van der Waals surface area (Å²) in [6, 6.07) is 4.34. The fraction of sp³-hybridized carbons (Fsp3) is 0.667. The lowest BCUT2D eigenvalue weighted by Gasteiger charge is -2.17. The monoisotopic (exact) mass is 285 g/mol. The number of nitrogens with one attached hydrogen (secondary N) is 1. The standard InChI is InChI=1S/C18H27N3/c1-2-3-4-5-6-9-12-20-18-16(14-19)13-15-10-7-8-11-17(15)21-18/h13H,2-12H2,1H3,(H,20,21). The number of hydrogen-bond acceptors (Lipinski definition) is 3. The smallest absolute Gasteiger partial charge is 0.144 e. The topological polar surface area (TPSA) is 48.7 Å². The molecule has 2 rings (SSSR count). The van der Waals surface area contributed by atoms with Gasteiger partial charge in [-0.1, -0.05) is 39.0 Å². The first kappa shape index (κ1) is 15.8. The minimum Gasteiger partial charge on any atom is -0.369 e. The van der Waals surface area contributed by atoms with Crippen molar-refractivity contribution < 1.29 is 0 Å². The number of aryl methyl sites for hydroxylation is 2. The Morgan fingerprint density at radius 1 is 1.14 bits per heavy atom. The number of hydrogen-bond donors (Lipinski definition) is 1. The van der Waals surface area contributed by atoms with Crippen LogP contribution in [0.2, 0.25) is 0 Å². The first-order valence-corrected chi connectivity index (χ1v) is 8.52. The number of rotatable bonds is 8. The van der Waals surface area contributed by atoms with Crippen molar-refractivity contribution in [3.63, 3.8) is 0 Å². The van der Waals surface area contributed by atoms with Gasteiger partial charge in [0.2, 0.25) is 0 Å². The number of fused-ring (bicyclic) bond motifs is 1. The zero-order chi connectivity index (χ0) is 14.9. The van der Waals surface area contributed by atoms with Crippen LogP contribution in [0.4, 0.5) is 5.82 Å². The van der Waals surface area contributed by atoms with E-state index in [0.717, 1.165) is 31.6 Å². The van der Waals surface area contributed by atoms with E-state index in [-0.39, 0.29) is 0 Å². The van der Waals surface area contributed by atoms with Gasteiger partial charge >= 0.3 is 0 Å². The molecule has 3 nitrogen and oxygen atoms in total. The normalized spacial score (nSPS) is 13.5. The maximum atomic E-state index is 9.29. The van der Waals surface area contributed by atoms with Crippen LogP contribution >= 0.6 is 0 Å². The molecule has 21 heavy (non-hydrogen) atoms. The first-order valence-electron chi connectivity index (χ1n) is 8.52. The second-order valence-electron chi connectivity index (χ2n) is 6.00. The Morgan fingerprint density at radius 3 is 2.71 bits per heavy atom. The molecule has 1 N–H and O–H groups in total. The maximum absolute atomic E-state index is 9.29. The van der Waals surface area contributed by atoms with Crippen LogP contribution < -0.4 is 5.32 Å². The van der Waals surface area contributed by atoms with E-state index in [1.165, 1.54) is 56.2 Å². The fourth-order valence-electron chi connectivity index (χ4n) is 2.97. The lowest BCUT2D eigenvalue weighted by molar-refractivity contribution is 0.616. The molecule has 1 heterocycles. The number of anilines is 1. The van der Waals surface area contributed by atoms with Crippen LogP contribution in [0.1, 0.15) is 75.1 Å². The predicted octanol–water partition coefficient (Wildman–Crippen LogP) is 4.60. The summed E-state index contributed by atoms with van der Waals surface area (Å²) in [6.45, 7) is 3.17. The maximum Gasteiger partial charge on any atom is 0.144 e. The van der Waals surface area contributed by atoms with Crippen LogP contribution in [0.15, 0.2) is 6.07 Å². The molecule has 1 aromatic rings. The average Bonchev–Trinajstić information content (AvgIpc) is 2.53. The molecule has 0 fully saturated rings. The predicted molar refractivity (Wildman–Crippen MR) is 87.5 cm³/mol. The van der Waals surface area contributed by atoms with E-state index < -0.39 is 0 Å². The second-order valence-corrected chi connectivity index (χ2v) is 6.00. The minimum atomic E-state index is 0.710. The molecular formula is C18H27N3. The van der Waals surface area contributed by atoms with E-state index in [1.807, 2.05) is 6.07 Å². The molecule has 0 radical (unpaired) electrons. The Hall–Kier alpha value is -1.56. The molecule has 0 aliphatic heterocycles. The third-order valence-corrected chi connectivity index (χ3v) is 4.24. The van der Waals surface area contributed by atoms with E-state index in [2.05, 4.69) is 18.3 Å². The number of nitriles is 1. The summed E-state index contributed by atoms with van der Waals surface area (Å²) in [5, 5.41) is 12.7. The number of nitrogens with zero attached hydrogens (tertiary/aromatic N) is 2. The van der Waals surface area contributed by atoms with Gasteiger partial charge in [0.15, 0.2) is 0 Å². The molecule has 0 saturated carbocycles. The second kappa shape index (κ2) is 8.67. The summed E-state index contributed by atoms with van der Waals surface area (Å²) in [4.78, 5) is 4.70. The third kappa shape index (κ3) is 4.74. The third-order valence-electron chi connectivity index (χ3n) is 4.24. The van der Waals surface area contributed by atoms with E-state index in [1.54, 1.807) is 0 Å². The zero-order valence-corrected chi connectivity index (χ0v) is 13.2. The van der Waals surface area contributed by atoms with Crippen molar-refractivity contribution >= 4 is 5.82 Å². The molecule has 1 aromatic heterocycles. The number of aromatic nitrogens is 1. The largest absolute Gasteiger partial charge is 0.369 e. The Labute approximate surface area is 128 Å². The van der Waals surface area contributed by atoms with Crippen molar-refractivity contribution in [2.45, 2.75) is 71.1 Å².